The van der Waals surface area contributed by atoms with Gasteiger partial charge in [-0.1, -0.05) is 0 Å². The minimum atomic E-state index is -4.27. The van der Waals surface area contributed by atoms with Crippen LogP contribution in [0, 0.1) is 0 Å². The molecule has 0 aromatic heterocycles. The summed E-state index contributed by atoms with van der Waals surface area (Å²) >= 11 is 0. The number of carbonyl (C=O) groups excluding carboxylic acids is 1. The molecule has 0 spiro atoms. The molecule has 0 heterocycles. The highest BCUT2D eigenvalue weighted by atomic mass is 31.2. The van der Waals surface area contributed by atoms with E-state index in [4.69, 9.17) is 14.7 Å². The summed E-state index contributed by atoms with van der Waals surface area (Å²) < 4.78 is 0. The molecular weight excluding hydrogens is 133 g/mol. The third kappa shape index (κ3) is 2.30. The molecule has 5 N–H and O–H groups in total. The van der Waals surface area contributed by atoms with Crippen LogP contribution in [-0.2, 0) is 4.79 Å². The van der Waals surface area contributed by atoms with E-state index in [1.807, 2.05) is 0 Å². The smallest absolute Gasteiger partial charge is 0.321 e. The fourth-order valence-corrected chi connectivity index (χ4v) is 0.367. The zero-order chi connectivity index (χ0) is 6.78. The Hall–Kier alpha value is -0.0600. The van der Waals surface area contributed by atoms with E-state index in [9.17, 15) is 4.79 Å². The molecule has 0 aliphatic carbocycles. The molecule has 0 aromatic carbocycles. The lowest BCUT2D eigenvalue weighted by molar-refractivity contribution is -0.112. The lowest BCUT2D eigenvalue weighted by Crippen LogP contribution is -2.16. The van der Waals surface area contributed by atoms with Gasteiger partial charge >= 0.3 is 13.5 Å². The molecule has 0 bridgehead atoms. The summed E-state index contributed by atoms with van der Waals surface area (Å²) in [5.41, 5.74) is 3.54. The van der Waals surface area contributed by atoms with Crippen LogP contribution in [-0.4, -0.2) is 26.7 Å². The van der Waals surface area contributed by atoms with Crippen LogP contribution in [0.15, 0.2) is 0 Å². The molecule has 0 atom stereocenters. The average Bonchev–Trinajstić information content (AvgIpc) is 1.62. The maximum atomic E-state index is 10.0. The van der Waals surface area contributed by atoms with Gasteiger partial charge in [0.15, 0.2) is 0 Å². The number of carbonyl (C=O) groups is 1. The summed E-state index contributed by atoms with van der Waals surface area (Å²) in [5.74, 6) is 0. The molecule has 6 heteroatoms. The third-order valence-electron chi connectivity index (χ3n) is 0.509. The number of hydrogen-bond donors (Lipinski definition) is 4. The van der Waals surface area contributed by atoms with Crippen molar-refractivity contribution in [3.8, 4) is 0 Å². The molecule has 48 valence electrons. The van der Waals surface area contributed by atoms with Gasteiger partial charge < -0.3 is 5.73 Å². The maximum absolute atomic E-state index is 10.0. The van der Waals surface area contributed by atoms with Crippen LogP contribution in [0.4, 0.5) is 0 Å². The van der Waals surface area contributed by atoms with Crippen molar-refractivity contribution in [3.05, 3.63) is 0 Å². The number of hydrogen-bond acceptors (Lipinski definition) is 5. The monoisotopic (exact) mass is 140 g/mol. The molecule has 0 fully saturated rings. The van der Waals surface area contributed by atoms with Gasteiger partial charge in [0.25, 0.3) is 0 Å². The van der Waals surface area contributed by atoms with Crippen LogP contribution in [0.3, 0.4) is 0 Å². The molecule has 8 heavy (non-hydrogen) atoms. The Morgan fingerprint density at radius 2 is 1.88 bits per heavy atom. The highest BCUT2D eigenvalue weighted by Gasteiger charge is 2.40. The highest BCUT2D eigenvalue weighted by molar-refractivity contribution is 7.76. The van der Waals surface area contributed by atoms with Crippen molar-refractivity contribution >= 4 is 13.5 Å². The largest absolute Gasteiger partial charge is 0.479 e. The molecule has 5 nitrogen and oxygen atoms in total. The lowest BCUT2D eigenvalue weighted by atomic mass is 10.8. The fourth-order valence-electron chi connectivity index (χ4n) is 0.122. The van der Waals surface area contributed by atoms with Gasteiger partial charge in [-0.25, -0.2) is 4.79 Å². The lowest BCUT2D eigenvalue weighted by Gasteiger charge is -1.96. The Balaban J connectivity index is 3.82. The summed E-state index contributed by atoms with van der Waals surface area (Å²) in [6, 6.07) is 0. The van der Waals surface area contributed by atoms with E-state index in [1.165, 1.54) is 0 Å². The van der Waals surface area contributed by atoms with E-state index >= 15 is 0 Å². The van der Waals surface area contributed by atoms with E-state index < -0.39 is 20.0 Å². The number of rotatable bonds is 2. The Labute approximate surface area is 46.3 Å². The van der Waals surface area contributed by atoms with Gasteiger partial charge in [-0.2, -0.15) is 14.7 Å². The van der Waals surface area contributed by atoms with Crippen LogP contribution in [0.1, 0.15) is 0 Å². The van der Waals surface area contributed by atoms with Crippen LogP contribution >= 0.6 is 7.94 Å². The summed E-state index contributed by atoms with van der Waals surface area (Å²) in [6.45, 7) is -0.544. The first-order chi connectivity index (χ1) is 3.48. The summed E-state index contributed by atoms with van der Waals surface area (Å²) in [7, 11) is -4.27. The second-order valence-electron chi connectivity index (χ2n) is 1.17. The second-order valence-corrected chi connectivity index (χ2v) is 2.80. The van der Waals surface area contributed by atoms with Gasteiger partial charge in [0.05, 0.1) is 6.54 Å². The number of nitrogens with two attached hydrogens (primary N) is 1. The first-order valence-electron chi connectivity index (χ1n) is 1.79. The molecule has 0 rings (SSSR count). The SMILES string of the molecule is NCC(=O)[P+](O)(O)O. The molecule has 0 saturated carbocycles. The summed E-state index contributed by atoms with van der Waals surface area (Å²) in [4.78, 5) is 34.2. The van der Waals surface area contributed by atoms with E-state index in [-0.39, 0.29) is 0 Å². The highest BCUT2D eigenvalue weighted by Crippen LogP contribution is 2.44. The summed E-state index contributed by atoms with van der Waals surface area (Å²) in [6.07, 6.45) is 0. The first kappa shape index (κ1) is 7.94. The van der Waals surface area contributed by atoms with Crippen molar-refractivity contribution in [2.45, 2.75) is 0 Å². The molecule has 0 unspecified atom stereocenters. The second kappa shape index (κ2) is 2.48. The van der Waals surface area contributed by atoms with Gasteiger partial charge in [0.2, 0.25) is 0 Å². The fraction of sp³-hybridized carbons (Fsp3) is 0.500. The van der Waals surface area contributed by atoms with Crippen LogP contribution < -0.4 is 5.73 Å². The third-order valence-corrected chi connectivity index (χ3v) is 1.36. The Morgan fingerprint density at radius 1 is 1.50 bits per heavy atom. The predicted octanol–water partition coefficient (Wildman–Crippen LogP) is -1.79. The Kier molecular flexibility index (Phi) is 2.46. The molecule has 0 amide bonds. The van der Waals surface area contributed by atoms with Crippen molar-refractivity contribution in [1.82, 2.24) is 0 Å². The van der Waals surface area contributed by atoms with E-state index in [0.29, 0.717) is 0 Å². The minimum absolute atomic E-state index is 0.544. The Morgan fingerprint density at radius 3 is 1.88 bits per heavy atom. The van der Waals surface area contributed by atoms with Crippen molar-refractivity contribution in [2.75, 3.05) is 6.54 Å². The molecule has 0 aliphatic heterocycles. The minimum Gasteiger partial charge on any atom is -0.321 e. The van der Waals surface area contributed by atoms with Crippen molar-refractivity contribution < 1.29 is 19.5 Å². The zero-order valence-corrected chi connectivity index (χ0v) is 4.88. The zero-order valence-electron chi connectivity index (χ0n) is 3.98. The molecule has 0 saturated heterocycles. The average molecular weight is 140 g/mol. The van der Waals surface area contributed by atoms with Gasteiger partial charge in [0, 0.05) is 0 Å². The topological polar surface area (TPSA) is 104 Å². The molecule has 0 aromatic rings. The van der Waals surface area contributed by atoms with Crippen LogP contribution in [0.25, 0.3) is 0 Å². The Bertz CT molecular complexity index is 96.7. The summed E-state index contributed by atoms with van der Waals surface area (Å²) in [5, 5.41) is 0. The van der Waals surface area contributed by atoms with Crippen LogP contribution in [0.2, 0.25) is 0 Å². The quantitative estimate of drug-likeness (QED) is 0.339. The molecule has 0 radical (unpaired) electrons. The van der Waals surface area contributed by atoms with Gasteiger partial charge in [-0.15, -0.1) is 0 Å². The first-order valence-corrected chi connectivity index (χ1v) is 3.44. The normalized spacial score (nSPS) is 11.5. The van der Waals surface area contributed by atoms with E-state index in [0.717, 1.165) is 0 Å². The maximum Gasteiger partial charge on any atom is 0.479 e. The van der Waals surface area contributed by atoms with Gasteiger partial charge in [-0.05, 0) is 0 Å². The molecular formula is C2H7NO4P+. The predicted molar refractivity (Wildman–Crippen MR) is 27.6 cm³/mol. The standard InChI is InChI=1S/C2H7NO4P/c3-1-2(4)8(5,6)7/h5-7H,1,3H2/q+1. The van der Waals surface area contributed by atoms with Crippen molar-refractivity contribution in [3.63, 3.8) is 0 Å². The van der Waals surface area contributed by atoms with Gasteiger partial charge in [-0.3, -0.25) is 0 Å². The van der Waals surface area contributed by atoms with Gasteiger partial charge in [0.1, 0.15) is 0 Å². The van der Waals surface area contributed by atoms with Crippen molar-refractivity contribution in [2.24, 2.45) is 5.73 Å². The van der Waals surface area contributed by atoms with E-state index in [2.05, 4.69) is 5.73 Å². The van der Waals surface area contributed by atoms with E-state index in [1.54, 1.807) is 0 Å². The molecule has 0 aliphatic rings. The van der Waals surface area contributed by atoms with Crippen LogP contribution in [0.5, 0.6) is 0 Å². The van der Waals surface area contributed by atoms with Crippen molar-refractivity contribution in [1.29, 1.82) is 0 Å².